The number of fused-ring (bicyclic) bond motifs is 1. The first-order chi connectivity index (χ1) is 13.7. The van der Waals surface area contributed by atoms with E-state index < -0.39 is 0 Å². The van der Waals surface area contributed by atoms with Gasteiger partial charge in [0.2, 0.25) is 11.8 Å². The molecule has 0 atom stereocenters. The zero-order chi connectivity index (χ0) is 19.8. The summed E-state index contributed by atoms with van der Waals surface area (Å²) in [7, 11) is 0. The van der Waals surface area contributed by atoms with Crippen LogP contribution in [0.1, 0.15) is 44.1 Å². The van der Waals surface area contributed by atoms with Crippen molar-refractivity contribution in [2.75, 3.05) is 38.2 Å². The number of piperidine rings is 1. The molecule has 0 radical (unpaired) electrons. The van der Waals surface area contributed by atoms with Crippen LogP contribution in [0.25, 0.3) is 0 Å². The molecule has 1 aromatic rings. The Morgan fingerprint density at radius 1 is 1.17 bits per heavy atom. The lowest BCUT2D eigenvalue weighted by atomic mass is 10.0. The number of anilines is 1. The van der Waals surface area contributed by atoms with E-state index in [1.807, 2.05) is 23.1 Å². The molecule has 0 saturated carbocycles. The van der Waals surface area contributed by atoms with Crippen molar-refractivity contribution in [1.29, 1.82) is 0 Å². The van der Waals surface area contributed by atoms with Crippen LogP contribution in [0.4, 0.5) is 5.69 Å². The standard InChI is InChI=1S/C21H31N3O4.ClH/c22-10-2-14-27-17-8-11-24(12-9-17)21(26)3-1-13-28-18-5-6-19-16(15-18)4-7-20(25)23-19;/h5-6,15,17H,1-4,7-14,22H2,(H,23,25);1H. The molecular weight excluding hydrogens is 394 g/mol. The second-order valence-corrected chi connectivity index (χ2v) is 7.41. The van der Waals surface area contributed by atoms with Gasteiger partial charge in [-0.05, 0) is 62.4 Å². The van der Waals surface area contributed by atoms with Gasteiger partial charge < -0.3 is 25.4 Å². The molecule has 1 aromatic carbocycles. The quantitative estimate of drug-likeness (QED) is 0.593. The molecule has 8 heteroatoms. The summed E-state index contributed by atoms with van der Waals surface area (Å²) in [5.41, 5.74) is 7.45. The van der Waals surface area contributed by atoms with Crippen molar-refractivity contribution in [2.24, 2.45) is 5.73 Å². The van der Waals surface area contributed by atoms with E-state index in [1.54, 1.807) is 0 Å². The maximum atomic E-state index is 12.4. The fourth-order valence-corrected chi connectivity index (χ4v) is 3.63. The number of ether oxygens (including phenoxy) is 2. The van der Waals surface area contributed by atoms with E-state index in [0.29, 0.717) is 39.0 Å². The third-order valence-electron chi connectivity index (χ3n) is 5.27. The third kappa shape index (κ3) is 7.17. The minimum absolute atomic E-state index is 0. The molecule has 3 rings (SSSR count). The van der Waals surface area contributed by atoms with Gasteiger partial charge in [-0.3, -0.25) is 9.59 Å². The zero-order valence-electron chi connectivity index (χ0n) is 16.9. The average molecular weight is 426 g/mol. The summed E-state index contributed by atoms with van der Waals surface area (Å²) < 4.78 is 11.6. The van der Waals surface area contributed by atoms with Crippen molar-refractivity contribution < 1.29 is 19.1 Å². The van der Waals surface area contributed by atoms with Crippen LogP contribution in [0.5, 0.6) is 5.75 Å². The molecule has 1 saturated heterocycles. The molecule has 29 heavy (non-hydrogen) atoms. The van der Waals surface area contributed by atoms with Crippen LogP contribution in [0, 0.1) is 0 Å². The Bertz CT molecular complexity index is 678. The first-order valence-corrected chi connectivity index (χ1v) is 10.3. The van der Waals surface area contributed by atoms with Crippen molar-refractivity contribution >= 4 is 29.9 Å². The van der Waals surface area contributed by atoms with Crippen LogP contribution in [0.15, 0.2) is 18.2 Å². The lowest BCUT2D eigenvalue weighted by Gasteiger charge is -2.32. The first kappa shape index (κ1) is 23.4. The van der Waals surface area contributed by atoms with Crippen molar-refractivity contribution in [3.63, 3.8) is 0 Å². The SMILES string of the molecule is Cl.NCCCOC1CCN(C(=O)CCCOc2ccc3c(c2)CCC(=O)N3)CC1. The fraction of sp³-hybridized carbons (Fsp3) is 0.619. The number of hydrogen-bond donors (Lipinski definition) is 2. The molecule has 2 aliphatic rings. The molecule has 0 aliphatic carbocycles. The number of amides is 2. The molecule has 3 N–H and O–H groups in total. The highest BCUT2D eigenvalue weighted by molar-refractivity contribution is 5.94. The molecule has 7 nitrogen and oxygen atoms in total. The highest BCUT2D eigenvalue weighted by Crippen LogP contribution is 2.27. The van der Waals surface area contributed by atoms with Gasteiger partial charge >= 0.3 is 0 Å². The molecular formula is C21H32ClN3O4. The Balaban J connectivity index is 0.00000300. The van der Waals surface area contributed by atoms with E-state index in [-0.39, 0.29) is 30.3 Å². The second-order valence-electron chi connectivity index (χ2n) is 7.41. The average Bonchev–Trinajstić information content (AvgIpc) is 2.72. The number of aryl methyl sites for hydroxylation is 1. The number of carbonyl (C=O) groups is 2. The van der Waals surface area contributed by atoms with Crippen LogP contribution in [0.3, 0.4) is 0 Å². The van der Waals surface area contributed by atoms with Crippen LogP contribution < -0.4 is 15.8 Å². The molecule has 0 bridgehead atoms. The summed E-state index contributed by atoms with van der Waals surface area (Å²) in [6.07, 6.45) is 5.39. The summed E-state index contributed by atoms with van der Waals surface area (Å²) in [6.45, 7) is 3.41. The van der Waals surface area contributed by atoms with Gasteiger partial charge in [0.25, 0.3) is 0 Å². The van der Waals surface area contributed by atoms with Gasteiger partial charge in [0.15, 0.2) is 0 Å². The Kier molecular flexibility index (Phi) is 9.70. The van der Waals surface area contributed by atoms with E-state index in [4.69, 9.17) is 15.2 Å². The van der Waals surface area contributed by atoms with E-state index in [9.17, 15) is 9.59 Å². The van der Waals surface area contributed by atoms with Gasteiger partial charge in [-0.25, -0.2) is 0 Å². The monoisotopic (exact) mass is 425 g/mol. The van der Waals surface area contributed by atoms with Gasteiger partial charge in [0.1, 0.15) is 5.75 Å². The van der Waals surface area contributed by atoms with Gasteiger partial charge in [0, 0.05) is 38.2 Å². The van der Waals surface area contributed by atoms with Crippen LogP contribution in [0.2, 0.25) is 0 Å². The number of nitrogens with zero attached hydrogens (tertiary/aromatic N) is 1. The molecule has 2 heterocycles. The maximum absolute atomic E-state index is 12.4. The van der Waals surface area contributed by atoms with Crippen molar-refractivity contribution in [2.45, 2.75) is 51.0 Å². The van der Waals surface area contributed by atoms with Gasteiger partial charge in [0.05, 0.1) is 12.7 Å². The summed E-state index contributed by atoms with van der Waals surface area (Å²) in [5.74, 6) is 1.04. The predicted molar refractivity (Wildman–Crippen MR) is 115 cm³/mol. The van der Waals surface area contributed by atoms with Crippen LogP contribution >= 0.6 is 12.4 Å². The molecule has 1 fully saturated rings. The molecule has 2 amide bonds. The van der Waals surface area contributed by atoms with E-state index in [1.165, 1.54) is 0 Å². The highest BCUT2D eigenvalue weighted by Gasteiger charge is 2.22. The minimum atomic E-state index is 0. The van der Waals surface area contributed by atoms with E-state index in [2.05, 4.69) is 5.32 Å². The van der Waals surface area contributed by atoms with E-state index in [0.717, 1.165) is 55.8 Å². The van der Waals surface area contributed by atoms with Gasteiger partial charge in [-0.1, -0.05) is 0 Å². The number of rotatable bonds is 9. The summed E-state index contributed by atoms with van der Waals surface area (Å²) in [4.78, 5) is 25.7. The number of hydrogen-bond acceptors (Lipinski definition) is 5. The molecule has 0 unspecified atom stereocenters. The van der Waals surface area contributed by atoms with Crippen LogP contribution in [-0.4, -0.2) is 55.7 Å². The Labute approximate surface area is 178 Å². The maximum Gasteiger partial charge on any atom is 0.224 e. The number of carbonyl (C=O) groups excluding carboxylic acids is 2. The summed E-state index contributed by atoms with van der Waals surface area (Å²) in [6, 6.07) is 5.72. The first-order valence-electron chi connectivity index (χ1n) is 10.3. The lowest BCUT2D eigenvalue weighted by Crippen LogP contribution is -2.41. The summed E-state index contributed by atoms with van der Waals surface area (Å²) >= 11 is 0. The number of nitrogens with two attached hydrogens (primary N) is 1. The Morgan fingerprint density at radius 3 is 2.72 bits per heavy atom. The fourth-order valence-electron chi connectivity index (χ4n) is 3.63. The van der Waals surface area contributed by atoms with Gasteiger partial charge in [-0.2, -0.15) is 0 Å². The van der Waals surface area contributed by atoms with Crippen molar-refractivity contribution in [1.82, 2.24) is 4.90 Å². The second kappa shape index (κ2) is 12.0. The smallest absolute Gasteiger partial charge is 0.224 e. The molecule has 0 spiro atoms. The number of nitrogens with one attached hydrogen (secondary N) is 1. The largest absolute Gasteiger partial charge is 0.494 e. The predicted octanol–water partition coefficient (Wildman–Crippen LogP) is 2.51. The Morgan fingerprint density at radius 2 is 1.97 bits per heavy atom. The topological polar surface area (TPSA) is 93.9 Å². The number of halogens is 1. The number of benzene rings is 1. The summed E-state index contributed by atoms with van der Waals surface area (Å²) in [5, 5.41) is 2.86. The van der Waals surface area contributed by atoms with Gasteiger partial charge in [-0.15, -0.1) is 12.4 Å². The molecule has 2 aliphatic heterocycles. The zero-order valence-corrected chi connectivity index (χ0v) is 17.7. The Hall–Kier alpha value is -1.83. The highest BCUT2D eigenvalue weighted by atomic mass is 35.5. The van der Waals surface area contributed by atoms with Crippen molar-refractivity contribution in [3.05, 3.63) is 23.8 Å². The minimum Gasteiger partial charge on any atom is -0.494 e. The number of likely N-dealkylation sites (tertiary alicyclic amines) is 1. The molecule has 0 aromatic heterocycles. The third-order valence-corrected chi connectivity index (χ3v) is 5.27. The molecule has 162 valence electrons. The van der Waals surface area contributed by atoms with Crippen LogP contribution in [-0.2, 0) is 20.7 Å². The van der Waals surface area contributed by atoms with E-state index >= 15 is 0 Å². The lowest BCUT2D eigenvalue weighted by molar-refractivity contribution is -0.134. The van der Waals surface area contributed by atoms with Crippen molar-refractivity contribution in [3.8, 4) is 5.75 Å². The normalized spacial score (nSPS) is 16.6.